The van der Waals surface area contributed by atoms with Gasteiger partial charge in [0, 0.05) is 37.4 Å². The summed E-state index contributed by atoms with van der Waals surface area (Å²) in [5.74, 6) is -1.58. The number of benzene rings is 1. The van der Waals surface area contributed by atoms with Crippen molar-refractivity contribution in [2.45, 2.75) is 31.8 Å². The van der Waals surface area contributed by atoms with Crippen LogP contribution < -0.4 is 15.0 Å². The summed E-state index contributed by atoms with van der Waals surface area (Å²) in [6, 6.07) is 5.41. The van der Waals surface area contributed by atoms with Gasteiger partial charge in [0.2, 0.25) is 0 Å². The summed E-state index contributed by atoms with van der Waals surface area (Å²) in [6.07, 6.45) is -1.82. The van der Waals surface area contributed by atoms with Crippen molar-refractivity contribution in [3.63, 3.8) is 0 Å². The highest BCUT2D eigenvalue weighted by Crippen LogP contribution is 2.28. The fourth-order valence-corrected chi connectivity index (χ4v) is 3.77. The van der Waals surface area contributed by atoms with E-state index in [0.29, 0.717) is 44.7 Å². The Balaban J connectivity index is 1.32. The van der Waals surface area contributed by atoms with Crippen LogP contribution in [0.2, 0.25) is 0 Å². The van der Waals surface area contributed by atoms with Gasteiger partial charge in [0.1, 0.15) is 5.75 Å². The smallest absolute Gasteiger partial charge is 0.406 e. The topological polar surface area (TPSA) is 90.6 Å². The Hall–Kier alpha value is -3.24. The van der Waals surface area contributed by atoms with Crippen molar-refractivity contribution in [1.82, 2.24) is 20.4 Å². The fraction of sp³-hybridized carbons (Fsp3) is 0.421. The van der Waals surface area contributed by atoms with E-state index in [1.54, 1.807) is 12.3 Å². The van der Waals surface area contributed by atoms with Gasteiger partial charge >= 0.3 is 18.2 Å². The van der Waals surface area contributed by atoms with Crippen LogP contribution in [0.25, 0.3) is 0 Å². The van der Waals surface area contributed by atoms with Crippen LogP contribution >= 0.6 is 0 Å². The lowest BCUT2D eigenvalue weighted by Gasteiger charge is -2.26. The number of carbonyl (C=O) groups is 2. The molecule has 0 bridgehead atoms. The third-order valence-electron chi connectivity index (χ3n) is 5.23. The molecule has 2 aliphatic rings. The van der Waals surface area contributed by atoms with Crippen LogP contribution in [0.4, 0.5) is 18.9 Å². The van der Waals surface area contributed by atoms with Crippen molar-refractivity contribution in [2.24, 2.45) is 0 Å². The number of aromatic amines is 1. The summed E-state index contributed by atoms with van der Waals surface area (Å²) >= 11 is 0. The van der Waals surface area contributed by atoms with Crippen molar-refractivity contribution in [3.8, 4) is 5.75 Å². The normalized spacial score (nSPS) is 18.8. The molecule has 2 aromatic rings. The first-order chi connectivity index (χ1) is 14.3. The third-order valence-corrected chi connectivity index (χ3v) is 5.23. The van der Waals surface area contributed by atoms with Gasteiger partial charge in [-0.1, -0.05) is 6.07 Å². The maximum atomic E-state index is 12.5. The average Bonchev–Trinajstić information content (AvgIpc) is 3.35. The molecule has 0 radical (unpaired) electrons. The standard InChI is InChI=1S/C19H20F3N5O3/c20-19(21,22)30-15-3-1-2-14(8-15)26-7-5-13(10-26)24-17(28)18(29)27-6-4-12-9-23-25-16(12)11-27/h1-3,8-9,13H,4-7,10-11H2,(H,23,25)(H,24,28). The number of amides is 2. The molecule has 160 valence electrons. The number of fused-ring (bicyclic) bond motifs is 1. The maximum Gasteiger partial charge on any atom is 0.573 e. The average molecular weight is 423 g/mol. The van der Waals surface area contributed by atoms with Crippen LogP contribution in [0, 0.1) is 0 Å². The van der Waals surface area contributed by atoms with E-state index in [1.165, 1.54) is 23.1 Å². The number of carbonyl (C=O) groups excluding carboxylic acids is 2. The summed E-state index contributed by atoms with van der Waals surface area (Å²) in [5, 5.41) is 9.52. The number of H-pyrrole nitrogens is 1. The fourth-order valence-electron chi connectivity index (χ4n) is 3.77. The molecule has 1 fully saturated rings. The molecule has 0 spiro atoms. The molecule has 1 atom stereocenters. The number of nitrogens with zero attached hydrogens (tertiary/aromatic N) is 3. The molecular formula is C19H20F3N5O3. The number of hydrogen-bond donors (Lipinski definition) is 2. The number of rotatable bonds is 3. The minimum absolute atomic E-state index is 0.277. The van der Waals surface area contributed by atoms with Crippen molar-refractivity contribution in [3.05, 3.63) is 41.7 Å². The Labute approximate surface area is 170 Å². The first kappa shape index (κ1) is 20.0. The monoisotopic (exact) mass is 423 g/mol. The van der Waals surface area contributed by atoms with Crippen molar-refractivity contribution < 1.29 is 27.5 Å². The first-order valence-electron chi connectivity index (χ1n) is 9.50. The number of hydrogen-bond acceptors (Lipinski definition) is 5. The molecule has 0 aliphatic carbocycles. The van der Waals surface area contributed by atoms with Crippen molar-refractivity contribution >= 4 is 17.5 Å². The molecule has 2 N–H and O–H groups in total. The Morgan fingerprint density at radius 3 is 2.90 bits per heavy atom. The predicted molar refractivity (Wildman–Crippen MR) is 99.6 cm³/mol. The summed E-state index contributed by atoms with van der Waals surface area (Å²) in [4.78, 5) is 28.2. The Morgan fingerprint density at radius 2 is 2.10 bits per heavy atom. The second kappa shape index (κ2) is 7.88. The summed E-state index contributed by atoms with van der Waals surface area (Å²) in [6.45, 7) is 1.68. The lowest BCUT2D eigenvalue weighted by molar-refractivity contribution is -0.274. The van der Waals surface area contributed by atoms with Gasteiger partial charge in [-0.25, -0.2) is 0 Å². The second-order valence-electron chi connectivity index (χ2n) is 7.30. The molecule has 11 heteroatoms. The zero-order valence-corrected chi connectivity index (χ0v) is 15.9. The zero-order chi connectivity index (χ0) is 21.3. The molecule has 30 heavy (non-hydrogen) atoms. The molecule has 1 aromatic carbocycles. The van der Waals surface area contributed by atoms with Gasteiger partial charge in [0.25, 0.3) is 0 Å². The minimum atomic E-state index is -4.76. The molecule has 3 heterocycles. The SMILES string of the molecule is O=C(NC1CCN(c2cccc(OC(F)(F)F)c2)C1)C(=O)N1CCc2cn[nH]c2C1. The van der Waals surface area contributed by atoms with Gasteiger partial charge in [0.05, 0.1) is 18.4 Å². The molecule has 0 saturated carbocycles. The van der Waals surface area contributed by atoms with E-state index in [9.17, 15) is 22.8 Å². The van der Waals surface area contributed by atoms with Gasteiger partial charge in [-0.3, -0.25) is 14.7 Å². The Bertz CT molecular complexity index is 945. The number of anilines is 1. The summed E-state index contributed by atoms with van der Waals surface area (Å²) in [7, 11) is 0. The van der Waals surface area contributed by atoms with Crippen molar-refractivity contribution in [1.29, 1.82) is 0 Å². The molecule has 1 unspecified atom stereocenters. The zero-order valence-electron chi connectivity index (χ0n) is 15.9. The van der Waals surface area contributed by atoms with E-state index in [4.69, 9.17) is 0 Å². The van der Waals surface area contributed by atoms with Crippen LogP contribution in [0.15, 0.2) is 30.5 Å². The highest BCUT2D eigenvalue weighted by Gasteiger charge is 2.32. The van der Waals surface area contributed by atoms with Gasteiger partial charge in [-0.15, -0.1) is 13.2 Å². The van der Waals surface area contributed by atoms with Crippen LogP contribution in [-0.4, -0.2) is 59.0 Å². The van der Waals surface area contributed by atoms with Crippen LogP contribution in [-0.2, 0) is 22.6 Å². The van der Waals surface area contributed by atoms with Crippen LogP contribution in [0.3, 0.4) is 0 Å². The quantitative estimate of drug-likeness (QED) is 0.732. The predicted octanol–water partition coefficient (Wildman–Crippen LogP) is 1.59. The second-order valence-corrected chi connectivity index (χ2v) is 7.30. The molecule has 8 nitrogen and oxygen atoms in total. The summed E-state index contributed by atoms with van der Waals surface area (Å²) in [5.41, 5.74) is 2.43. The number of nitrogens with one attached hydrogen (secondary N) is 2. The summed E-state index contributed by atoms with van der Waals surface area (Å²) < 4.78 is 41.2. The van der Waals surface area contributed by atoms with E-state index in [0.717, 1.165) is 11.3 Å². The van der Waals surface area contributed by atoms with Gasteiger partial charge < -0.3 is 19.9 Å². The number of halogens is 3. The first-order valence-corrected chi connectivity index (χ1v) is 9.50. The number of aromatic nitrogens is 2. The Kier molecular flexibility index (Phi) is 5.27. The van der Waals surface area contributed by atoms with Crippen LogP contribution in [0.5, 0.6) is 5.75 Å². The van der Waals surface area contributed by atoms with Crippen molar-refractivity contribution in [2.75, 3.05) is 24.5 Å². The van der Waals surface area contributed by atoms with Crippen LogP contribution in [0.1, 0.15) is 17.7 Å². The molecule has 2 amide bonds. The molecule has 2 aliphatic heterocycles. The molecule has 4 rings (SSSR count). The minimum Gasteiger partial charge on any atom is -0.406 e. The lowest BCUT2D eigenvalue weighted by Crippen LogP contribution is -2.48. The highest BCUT2D eigenvalue weighted by molar-refractivity contribution is 6.35. The van der Waals surface area contributed by atoms with Gasteiger partial charge in [0.15, 0.2) is 0 Å². The number of ether oxygens (including phenoxy) is 1. The third kappa shape index (κ3) is 4.50. The molecule has 1 saturated heterocycles. The van der Waals surface area contributed by atoms with E-state index in [-0.39, 0.29) is 11.8 Å². The lowest BCUT2D eigenvalue weighted by atomic mass is 10.1. The van der Waals surface area contributed by atoms with E-state index < -0.39 is 18.2 Å². The maximum absolute atomic E-state index is 12.5. The number of alkyl halides is 3. The van der Waals surface area contributed by atoms with Gasteiger partial charge in [-0.2, -0.15) is 5.10 Å². The van der Waals surface area contributed by atoms with E-state index in [1.807, 2.05) is 4.90 Å². The Morgan fingerprint density at radius 1 is 1.27 bits per heavy atom. The largest absolute Gasteiger partial charge is 0.573 e. The van der Waals surface area contributed by atoms with E-state index in [2.05, 4.69) is 20.3 Å². The highest BCUT2D eigenvalue weighted by atomic mass is 19.4. The molecular weight excluding hydrogens is 403 g/mol. The van der Waals surface area contributed by atoms with Gasteiger partial charge in [-0.05, 0) is 30.5 Å². The molecule has 1 aromatic heterocycles. The van der Waals surface area contributed by atoms with E-state index >= 15 is 0 Å².